The van der Waals surface area contributed by atoms with Gasteiger partial charge < -0.3 is 10.1 Å². The molecule has 0 saturated heterocycles. The number of nitrogens with zero attached hydrogens (tertiary/aromatic N) is 1. The molecular formula is C22H24N2O4S. The van der Waals surface area contributed by atoms with Gasteiger partial charge in [0.15, 0.2) is 6.10 Å². The molecule has 1 aromatic heterocycles. The lowest BCUT2D eigenvalue weighted by molar-refractivity contribution is -0.128. The third-order valence-corrected chi connectivity index (χ3v) is 6.85. The first kappa shape index (κ1) is 19.6. The van der Waals surface area contributed by atoms with Gasteiger partial charge in [0, 0.05) is 4.88 Å². The van der Waals surface area contributed by atoms with Crippen molar-refractivity contribution in [2.75, 3.05) is 16.8 Å². The number of amides is 2. The number of carbonyl (C=O) groups excluding carboxylic acids is 3. The Morgan fingerprint density at radius 1 is 1.34 bits per heavy atom. The van der Waals surface area contributed by atoms with Gasteiger partial charge in [-0.1, -0.05) is 25.5 Å². The van der Waals surface area contributed by atoms with E-state index in [-0.39, 0.29) is 12.5 Å². The molecule has 29 heavy (non-hydrogen) atoms. The van der Waals surface area contributed by atoms with Crippen molar-refractivity contribution < 1.29 is 19.1 Å². The Bertz CT molecular complexity index is 967. The quantitative estimate of drug-likeness (QED) is 0.775. The van der Waals surface area contributed by atoms with Gasteiger partial charge in [-0.05, 0) is 55.9 Å². The van der Waals surface area contributed by atoms with Crippen LogP contribution in [0.4, 0.5) is 11.4 Å². The van der Waals surface area contributed by atoms with Crippen LogP contribution in [0.2, 0.25) is 0 Å². The first-order valence-electron chi connectivity index (χ1n) is 9.99. The normalized spacial score (nSPS) is 19.0. The van der Waals surface area contributed by atoms with Crippen LogP contribution in [0.5, 0.6) is 0 Å². The number of carbonyl (C=O) groups is 3. The number of nitrogens with one attached hydrogen (secondary N) is 1. The fourth-order valence-corrected chi connectivity index (χ4v) is 5.06. The van der Waals surface area contributed by atoms with E-state index in [4.69, 9.17) is 4.74 Å². The van der Waals surface area contributed by atoms with E-state index in [9.17, 15) is 14.4 Å². The maximum atomic E-state index is 12.9. The zero-order valence-electron chi connectivity index (χ0n) is 16.6. The fraction of sp³-hybridized carbons (Fsp3) is 0.409. The molecule has 2 aromatic rings. The number of benzene rings is 1. The Morgan fingerprint density at radius 3 is 2.93 bits per heavy atom. The number of fused-ring (bicyclic) bond motifs is 2. The number of rotatable bonds is 4. The molecular weight excluding hydrogens is 388 g/mol. The van der Waals surface area contributed by atoms with Crippen molar-refractivity contribution in [1.82, 2.24) is 0 Å². The maximum absolute atomic E-state index is 12.9. The number of ether oxygens (including phenoxy) is 1. The van der Waals surface area contributed by atoms with Gasteiger partial charge in [0.05, 0.1) is 11.4 Å². The first-order valence-corrected chi connectivity index (χ1v) is 10.8. The minimum atomic E-state index is -0.982. The van der Waals surface area contributed by atoms with Gasteiger partial charge in [-0.3, -0.25) is 14.5 Å². The zero-order valence-corrected chi connectivity index (χ0v) is 17.4. The summed E-state index contributed by atoms with van der Waals surface area (Å²) in [5.41, 5.74) is 2.42. The lowest BCUT2D eigenvalue weighted by atomic mass is 9.87. The van der Waals surface area contributed by atoms with Gasteiger partial charge in [-0.25, -0.2) is 4.79 Å². The van der Waals surface area contributed by atoms with E-state index in [0.717, 1.165) is 25.7 Å². The molecule has 1 aliphatic carbocycles. The molecule has 2 aliphatic rings. The van der Waals surface area contributed by atoms with Crippen LogP contribution in [0.15, 0.2) is 30.3 Å². The van der Waals surface area contributed by atoms with Crippen molar-refractivity contribution in [1.29, 1.82) is 0 Å². The zero-order chi connectivity index (χ0) is 20.5. The summed E-state index contributed by atoms with van der Waals surface area (Å²) in [6, 6.07) is 9.01. The monoisotopic (exact) mass is 412 g/mol. The third-order valence-electron chi connectivity index (χ3n) is 5.63. The molecule has 6 nitrogen and oxygen atoms in total. The number of thiophene rings is 1. The summed E-state index contributed by atoms with van der Waals surface area (Å²) in [5.74, 6) is -0.486. The summed E-state index contributed by atoms with van der Waals surface area (Å²) < 4.78 is 5.48. The predicted octanol–water partition coefficient (Wildman–Crippen LogP) is 3.79. The summed E-state index contributed by atoms with van der Waals surface area (Å²) in [6.45, 7) is 3.66. The molecule has 0 unspecified atom stereocenters. The molecule has 0 spiro atoms. The molecule has 2 amide bonds. The van der Waals surface area contributed by atoms with E-state index in [1.807, 2.05) is 6.07 Å². The van der Waals surface area contributed by atoms with Gasteiger partial charge in [0.25, 0.3) is 5.91 Å². The Hall–Kier alpha value is -2.67. The summed E-state index contributed by atoms with van der Waals surface area (Å²) in [6.07, 6.45) is 3.32. The van der Waals surface area contributed by atoms with Crippen LogP contribution in [-0.4, -0.2) is 30.4 Å². The smallest absolute Gasteiger partial charge is 0.349 e. The number of hydrogen-bond acceptors (Lipinski definition) is 5. The van der Waals surface area contributed by atoms with E-state index >= 15 is 0 Å². The van der Waals surface area contributed by atoms with E-state index in [1.54, 1.807) is 31.2 Å². The molecule has 0 saturated carbocycles. The van der Waals surface area contributed by atoms with Crippen LogP contribution in [-0.2, 0) is 27.2 Å². The van der Waals surface area contributed by atoms with E-state index in [2.05, 4.69) is 12.2 Å². The van der Waals surface area contributed by atoms with Crippen molar-refractivity contribution in [2.45, 2.75) is 45.6 Å². The molecule has 2 atom stereocenters. The van der Waals surface area contributed by atoms with Crippen molar-refractivity contribution >= 4 is 40.5 Å². The van der Waals surface area contributed by atoms with Gasteiger partial charge in [-0.15, -0.1) is 11.3 Å². The molecule has 0 bridgehead atoms. The van der Waals surface area contributed by atoms with E-state index in [0.29, 0.717) is 22.2 Å². The number of anilines is 2. The van der Waals surface area contributed by atoms with Crippen LogP contribution in [0.1, 0.15) is 46.8 Å². The molecule has 1 N–H and O–H groups in total. The lowest BCUT2D eigenvalue weighted by Gasteiger charge is -2.30. The Balaban J connectivity index is 1.46. The fourth-order valence-electron chi connectivity index (χ4n) is 3.97. The summed E-state index contributed by atoms with van der Waals surface area (Å²) in [7, 11) is 0. The minimum absolute atomic E-state index is 0.0938. The van der Waals surface area contributed by atoms with E-state index < -0.39 is 18.0 Å². The highest BCUT2D eigenvalue weighted by atomic mass is 32.1. The summed E-state index contributed by atoms with van der Waals surface area (Å²) in [5, 5.41) is 2.75. The SMILES string of the molecule is CC[C@H]1CCc2sc(C(=O)O[C@H](C)C(=O)N3CC(=O)Nc4ccccc43)cc2C1. The number of hydrogen-bond donors (Lipinski definition) is 1. The number of para-hydroxylation sites is 2. The molecule has 152 valence electrons. The number of aryl methyl sites for hydroxylation is 1. The Labute approximate surface area is 173 Å². The molecule has 1 aliphatic heterocycles. The van der Waals surface area contributed by atoms with Gasteiger partial charge >= 0.3 is 5.97 Å². The molecule has 2 heterocycles. The van der Waals surface area contributed by atoms with Crippen LogP contribution in [0.3, 0.4) is 0 Å². The van der Waals surface area contributed by atoms with Gasteiger partial charge in [-0.2, -0.15) is 0 Å². The van der Waals surface area contributed by atoms with Gasteiger partial charge in [0.2, 0.25) is 5.91 Å². The van der Waals surface area contributed by atoms with Crippen molar-refractivity contribution in [3.8, 4) is 0 Å². The highest BCUT2D eigenvalue weighted by Gasteiger charge is 2.32. The average molecular weight is 413 g/mol. The largest absolute Gasteiger partial charge is 0.448 e. The third kappa shape index (κ3) is 3.92. The van der Waals surface area contributed by atoms with Crippen molar-refractivity contribution in [3.63, 3.8) is 0 Å². The highest BCUT2D eigenvalue weighted by Crippen LogP contribution is 2.34. The standard InChI is InChI=1S/C22H24N2O4S/c1-3-14-8-9-18-15(10-14)11-19(29-18)22(27)28-13(2)21(26)24-12-20(25)23-16-6-4-5-7-17(16)24/h4-7,11,13-14H,3,8-10,12H2,1-2H3,(H,23,25)/t13-,14+/m1/s1. The minimum Gasteiger partial charge on any atom is -0.448 e. The topological polar surface area (TPSA) is 75.7 Å². The molecule has 0 fully saturated rings. The second-order valence-corrected chi connectivity index (χ2v) is 8.75. The first-order chi connectivity index (χ1) is 14.0. The molecule has 4 rings (SSSR count). The summed E-state index contributed by atoms with van der Waals surface area (Å²) in [4.78, 5) is 40.7. The van der Waals surface area contributed by atoms with Crippen molar-refractivity contribution in [2.24, 2.45) is 5.92 Å². The maximum Gasteiger partial charge on any atom is 0.349 e. The molecule has 1 aromatic carbocycles. The molecule has 7 heteroatoms. The summed E-state index contributed by atoms with van der Waals surface area (Å²) >= 11 is 1.47. The van der Waals surface area contributed by atoms with Crippen LogP contribution >= 0.6 is 11.3 Å². The van der Waals surface area contributed by atoms with Crippen LogP contribution in [0.25, 0.3) is 0 Å². The second kappa shape index (κ2) is 7.99. The van der Waals surface area contributed by atoms with Crippen LogP contribution < -0.4 is 10.2 Å². The van der Waals surface area contributed by atoms with Crippen LogP contribution in [0, 0.1) is 5.92 Å². The Morgan fingerprint density at radius 2 is 2.14 bits per heavy atom. The lowest BCUT2D eigenvalue weighted by Crippen LogP contribution is -2.47. The predicted molar refractivity (Wildman–Crippen MR) is 112 cm³/mol. The average Bonchev–Trinajstić information content (AvgIpc) is 3.15. The molecule has 0 radical (unpaired) electrons. The van der Waals surface area contributed by atoms with Gasteiger partial charge in [0.1, 0.15) is 11.4 Å². The van der Waals surface area contributed by atoms with E-state index in [1.165, 1.54) is 26.7 Å². The highest BCUT2D eigenvalue weighted by molar-refractivity contribution is 7.14. The Kier molecular flexibility index (Phi) is 5.41. The van der Waals surface area contributed by atoms with Crippen molar-refractivity contribution in [3.05, 3.63) is 45.6 Å². The number of esters is 1. The second-order valence-electron chi connectivity index (χ2n) is 7.61.